The predicted molar refractivity (Wildman–Crippen MR) is 59.5 cm³/mol. The maximum Gasteiger partial charge on any atom is 0.226 e. The Morgan fingerprint density at radius 3 is 3.12 bits per heavy atom. The van der Waals surface area contributed by atoms with E-state index in [9.17, 15) is 5.11 Å². The van der Waals surface area contributed by atoms with Gasteiger partial charge in [-0.05, 0) is 18.0 Å². The normalized spacial score (nSPS) is 20.9. The number of β-amino-alcohol motifs (C(OH)–C–C–N with tert-alkyl or cyclic N) is 1. The third kappa shape index (κ3) is 1.50. The third-order valence-corrected chi connectivity index (χ3v) is 2.89. The number of halogens is 1. The van der Waals surface area contributed by atoms with E-state index in [0.717, 1.165) is 24.2 Å². The van der Waals surface area contributed by atoms with Crippen molar-refractivity contribution in [1.82, 2.24) is 20.2 Å². The van der Waals surface area contributed by atoms with Gasteiger partial charge in [0.2, 0.25) is 5.28 Å². The molecule has 2 aromatic heterocycles. The van der Waals surface area contributed by atoms with Crippen molar-refractivity contribution in [3.05, 3.63) is 11.5 Å². The van der Waals surface area contributed by atoms with Crippen LogP contribution in [0.3, 0.4) is 0 Å². The monoisotopic (exact) mass is 239 g/mol. The summed E-state index contributed by atoms with van der Waals surface area (Å²) in [5, 5.41) is 17.2. The summed E-state index contributed by atoms with van der Waals surface area (Å²) in [6.45, 7) is 1.35. The molecule has 0 radical (unpaired) electrons. The van der Waals surface area contributed by atoms with Crippen LogP contribution in [-0.4, -0.2) is 44.5 Å². The van der Waals surface area contributed by atoms with Crippen LogP contribution in [0.1, 0.15) is 6.42 Å². The summed E-state index contributed by atoms with van der Waals surface area (Å²) in [6.07, 6.45) is 2.13. The van der Waals surface area contributed by atoms with Crippen LogP contribution >= 0.6 is 11.6 Å². The van der Waals surface area contributed by atoms with Gasteiger partial charge in [-0.1, -0.05) is 0 Å². The van der Waals surface area contributed by atoms with Crippen molar-refractivity contribution in [3.8, 4) is 0 Å². The molecule has 0 aromatic carbocycles. The van der Waals surface area contributed by atoms with Crippen molar-refractivity contribution in [1.29, 1.82) is 0 Å². The lowest BCUT2D eigenvalue weighted by molar-refractivity contribution is 0.198. The second-order valence-electron chi connectivity index (χ2n) is 3.84. The first kappa shape index (κ1) is 9.80. The molecule has 2 aromatic rings. The van der Waals surface area contributed by atoms with E-state index >= 15 is 0 Å². The van der Waals surface area contributed by atoms with Crippen LogP contribution in [0, 0.1) is 0 Å². The molecular formula is C9H10ClN5O. The van der Waals surface area contributed by atoms with Gasteiger partial charge in [0.1, 0.15) is 5.82 Å². The van der Waals surface area contributed by atoms with Crippen LogP contribution in [-0.2, 0) is 0 Å². The number of aliphatic hydroxyl groups excluding tert-OH is 1. The predicted octanol–water partition coefficient (Wildman–Crippen LogP) is 0.577. The van der Waals surface area contributed by atoms with Gasteiger partial charge in [-0.15, -0.1) is 0 Å². The molecule has 7 heteroatoms. The lowest BCUT2D eigenvalue weighted by Crippen LogP contribution is -2.22. The first-order chi connectivity index (χ1) is 7.74. The largest absolute Gasteiger partial charge is 0.391 e. The molecule has 1 fully saturated rings. The number of H-pyrrole nitrogens is 1. The number of nitrogens with one attached hydrogen (secondary N) is 1. The fourth-order valence-electron chi connectivity index (χ4n) is 1.97. The van der Waals surface area contributed by atoms with Crippen LogP contribution < -0.4 is 4.90 Å². The van der Waals surface area contributed by atoms with Crippen LogP contribution in [0.2, 0.25) is 5.28 Å². The summed E-state index contributed by atoms with van der Waals surface area (Å²) < 4.78 is 0. The van der Waals surface area contributed by atoms with Gasteiger partial charge in [-0.25, -0.2) is 0 Å². The highest BCUT2D eigenvalue weighted by Crippen LogP contribution is 2.26. The molecule has 84 valence electrons. The van der Waals surface area contributed by atoms with E-state index in [4.69, 9.17) is 11.6 Å². The summed E-state index contributed by atoms with van der Waals surface area (Å²) in [5.41, 5.74) is 0.622. The molecule has 3 rings (SSSR count). The Morgan fingerprint density at radius 1 is 1.50 bits per heavy atom. The molecule has 0 bridgehead atoms. The van der Waals surface area contributed by atoms with Crippen LogP contribution in [0.5, 0.6) is 0 Å². The molecule has 1 atom stereocenters. The molecule has 0 saturated carbocycles. The minimum Gasteiger partial charge on any atom is -0.391 e. The van der Waals surface area contributed by atoms with E-state index < -0.39 is 0 Å². The maximum atomic E-state index is 9.51. The Morgan fingerprint density at radius 2 is 2.38 bits per heavy atom. The number of rotatable bonds is 1. The number of aromatic amines is 1. The van der Waals surface area contributed by atoms with Gasteiger partial charge in [0.15, 0.2) is 5.65 Å². The maximum absolute atomic E-state index is 9.51. The number of aromatic nitrogens is 4. The second kappa shape index (κ2) is 3.57. The molecule has 1 aliphatic heterocycles. The molecule has 1 saturated heterocycles. The summed E-state index contributed by atoms with van der Waals surface area (Å²) in [7, 11) is 0. The molecule has 16 heavy (non-hydrogen) atoms. The Balaban J connectivity index is 2.11. The van der Waals surface area contributed by atoms with Crippen LogP contribution in [0.4, 0.5) is 5.82 Å². The van der Waals surface area contributed by atoms with Crippen molar-refractivity contribution in [2.75, 3.05) is 18.0 Å². The van der Waals surface area contributed by atoms with E-state index in [2.05, 4.69) is 20.2 Å². The Hall–Kier alpha value is -1.40. The first-order valence-electron chi connectivity index (χ1n) is 5.03. The average Bonchev–Trinajstić information content (AvgIpc) is 2.84. The molecule has 3 heterocycles. The molecule has 0 aliphatic carbocycles. The lowest BCUT2D eigenvalue weighted by Gasteiger charge is -2.16. The number of fused-ring (bicyclic) bond motifs is 1. The standard InChI is InChI=1S/C9H10ClN5O/c10-9-12-7-6(3-11-14-7)8(13-9)15-2-1-5(16)4-15/h3,5,16H,1-2,4H2,(H,11,12,13,14). The van der Waals surface area contributed by atoms with Gasteiger partial charge in [0.25, 0.3) is 0 Å². The molecule has 1 aliphatic rings. The van der Waals surface area contributed by atoms with Gasteiger partial charge >= 0.3 is 0 Å². The van der Waals surface area contributed by atoms with E-state index in [1.165, 1.54) is 0 Å². The fraction of sp³-hybridized carbons (Fsp3) is 0.444. The Labute approximate surface area is 96.3 Å². The van der Waals surface area contributed by atoms with Crippen LogP contribution in [0.25, 0.3) is 11.0 Å². The summed E-state index contributed by atoms with van der Waals surface area (Å²) in [4.78, 5) is 10.2. The minimum atomic E-state index is -0.296. The highest BCUT2D eigenvalue weighted by atomic mass is 35.5. The highest BCUT2D eigenvalue weighted by Gasteiger charge is 2.24. The van der Waals surface area contributed by atoms with Gasteiger partial charge in [-0.3, -0.25) is 5.10 Å². The first-order valence-corrected chi connectivity index (χ1v) is 5.41. The summed E-state index contributed by atoms with van der Waals surface area (Å²) in [6, 6.07) is 0. The molecule has 6 nitrogen and oxygen atoms in total. The van der Waals surface area contributed by atoms with Crippen molar-refractivity contribution in [3.63, 3.8) is 0 Å². The number of hydrogen-bond donors (Lipinski definition) is 2. The zero-order valence-corrected chi connectivity index (χ0v) is 9.15. The van der Waals surface area contributed by atoms with E-state index in [0.29, 0.717) is 12.2 Å². The van der Waals surface area contributed by atoms with Crippen molar-refractivity contribution in [2.24, 2.45) is 0 Å². The third-order valence-electron chi connectivity index (χ3n) is 2.73. The van der Waals surface area contributed by atoms with Gasteiger partial charge in [-0.2, -0.15) is 15.1 Å². The molecular weight excluding hydrogens is 230 g/mol. The van der Waals surface area contributed by atoms with Gasteiger partial charge in [0, 0.05) is 13.1 Å². The minimum absolute atomic E-state index is 0.188. The zero-order chi connectivity index (χ0) is 11.1. The number of aliphatic hydroxyl groups is 1. The van der Waals surface area contributed by atoms with Crippen molar-refractivity contribution < 1.29 is 5.11 Å². The molecule has 1 unspecified atom stereocenters. The number of nitrogens with zero attached hydrogens (tertiary/aromatic N) is 4. The zero-order valence-electron chi connectivity index (χ0n) is 8.39. The second-order valence-corrected chi connectivity index (χ2v) is 4.18. The van der Waals surface area contributed by atoms with Crippen molar-refractivity contribution in [2.45, 2.75) is 12.5 Å². The Kier molecular flexibility index (Phi) is 2.19. The molecule has 0 amide bonds. The summed E-state index contributed by atoms with van der Waals surface area (Å²) >= 11 is 5.84. The molecule has 2 N–H and O–H groups in total. The number of anilines is 1. The van der Waals surface area contributed by atoms with Gasteiger partial charge in [0.05, 0.1) is 17.7 Å². The smallest absolute Gasteiger partial charge is 0.226 e. The quantitative estimate of drug-likeness (QED) is 0.712. The highest BCUT2D eigenvalue weighted by molar-refractivity contribution is 6.28. The Bertz CT molecular complexity index is 528. The van der Waals surface area contributed by atoms with E-state index in [1.807, 2.05) is 4.90 Å². The van der Waals surface area contributed by atoms with Gasteiger partial charge < -0.3 is 10.0 Å². The van der Waals surface area contributed by atoms with E-state index in [1.54, 1.807) is 6.20 Å². The SMILES string of the molecule is OC1CCN(c2nc(Cl)nc3[nH]ncc23)C1. The lowest BCUT2D eigenvalue weighted by atomic mass is 10.3. The topological polar surface area (TPSA) is 77.9 Å². The molecule has 0 spiro atoms. The van der Waals surface area contributed by atoms with Crippen LogP contribution in [0.15, 0.2) is 6.20 Å². The fourth-order valence-corrected chi connectivity index (χ4v) is 2.13. The average molecular weight is 240 g/mol. The van der Waals surface area contributed by atoms with Crippen molar-refractivity contribution >= 4 is 28.5 Å². The number of hydrogen-bond acceptors (Lipinski definition) is 5. The van der Waals surface area contributed by atoms with E-state index in [-0.39, 0.29) is 11.4 Å². The summed E-state index contributed by atoms with van der Waals surface area (Å²) in [5.74, 6) is 0.736.